The predicted octanol–water partition coefficient (Wildman–Crippen LogP) is 17.0. The lowest BCUT2D eigenvalue weighted by Gasteiger charge is -2.14. The molecule has 0 spiro atoms. The Bertz CT molecular complexity index is 3890. The first-order chi connectivity index (χ1) is 33.2. The Morgan fingerprint density at radius 3 is 1.33 bits per heavy atom. The van der Waals surface area contributed by atoms with Gasteiger partial charge in [-0.15, -0.1) is 0 Å². The maximum absolute atomic E-state index is 5.16. The fourth-order valence-corrected chi connectivity index (χ4v) is 10.1. The van der Waals surface area contributed by atoms with Crippen LogP contribution >= 0.6 is 0 Å². The van der Waals surface area contributed by atoms with Gasteiger partial charge < -0.3 is 4.40 Å². The van der Waals surface area contributed by atoms with E-state index in [0.29, 0.717) is 5.82 Å². The van der Waals surface area contributed by atoms with Gasteiger partial charge in [0.15, 0.2) is 5.82 Å². The fourth-order valence-electron chi connectivity index (χ4n) is 10.1. The van der Waals surface area contributed by atoms with Crippen LogP contribution in [0.3, 0.4) is 0 Å². The van der Waals surface area contributed by atoms with Crippen LogP contribution in [0.15, 0.2) is 249 Å². The first kappa shape index (κ1) is 38.5. The van der Waals surface area contributed by atoms with Gasteiger partial charge in [0.2, 0.25) is 0 Å². The second kappa shape index (κ2) is 16.0. The topological polar surface area (TPSA) is 30.2 Å². The van der Waals surface area contributed by atoms with Crippen LogP contribution in [0.4, 0.5) is 0 Å². The van der Waals surface area contributed by atoms with Gasteiger partial charge in [-0.2, -0.15) is 0 Å². The van der Waals surface area contributed by atoms with Crippen molar-refractivity contribution in [3.05, 3.63) is 249 Å². The number of hydrogen-bond donors (Lipinski definition) is 0. The van der Waals surface area contributed by atoms with Gasteiger partial charge in [-0.05, 0) is 104 Å². The van der Waals surface area contributed by atoms with Gasteiger partial charge in [0.25, 0.3) is 0 Å². The Morgan fingerprint density at radius 1 is 0.254 bits per heavy atom. The van der Waals surface area contributed by atoms with Crippen molar-refractivity contribution in [2.45, 2.75) is 0 Å². The monoisotopic (exact) mass is 851 g/mol. The van der Waals surface area contributed by atoms with Crippen LogP contribution in [0.2, 0.25) is 0 Å². The van der Waals surface area contributed by atoms with Gasteiger partial charge in [-0.3, -0.25) is 0 Å². The lowest BCUT2D eigenvalue weighted by atomic mass is 9.91. The van der Waals surface area contributed by atoms with Gasteiger partial charge in [0.05, 0.1) is 27.9 Å². The molecule has 312 valence electrons. The van der Waals surface area contributed by atoms with Crippen LogP contribution in [-0.4, -0.2) is 14.4 Å². The minimum Gasteiger partial charge on any atom is -0.308 e. The lowest BCUT2D eigenvalue weighted by Crippen LogP contribution is -1.96. The Kier molecular flexibility index (Phi) is 9.17. The molecule has 0 amide bonds. The smallest absolute Gasteiger partial charge is 0.160 e. The highest BCUT2D eigenvalue weighted by atomic mass is 14.9. The molecule has 67 heavy (non-hydrogen) atoms. The molecule has 0 unspecified atom stereocenters. The Balaban J connectivity index is 0.930. The summed E-state index contributed by atoms with van der Waals surface area (Å²) < 4.78 is 2.49. The summed E-state index contributed by atoms with van der Waals surface area (Å²) in [4.78, 5) is 10.3. The second-order valence-electron chi connectivity index (χ2n) is 17.4. The van der Waals surface area contributed by atoms with Crippen molar-refractivity contribution in [3.8, 4) is 89.5 Å². The van der Waals surface area contributed by atoms with Crippen molar-refractivity contribution >= 4 is 38.1 Å². The van der Waals surface area contributed by atoms with E-state index in [2.05, 4.69) is 241 Å². The highest BCUT2D eigenvalue weighted by molar-refractivity contribution is 6.27. The fraction of sp³-hybridized carbons (Fsp3) is 0. The summed E-state index contributed by atoms with van der Waals surface area (Å²) in [5.41, 5.74) is 20.3. The van der Waals surface area contributed by atoms with E-state index in [9.17, 15) is 0 Å². The summed E-state index contributed by atoms with van der Waals surface area (Å²) in [6.07, 6.45) is 0. The normalized spacial score (nSPS) is 11.6. The zero-order valence-electron chi connectivity index (χ0n) is 36.5. The molecule has 0 aliphatic carbocycles. The third kappa shape index (κ3) is 6.76. The molecule has 0 fully saturated rings. The molecule has 10 aromatic carbocycles. The number of benzene rings is 10. The number of hydrogen-bond acceptors (Lipinski definition) is 2. The summed E-state index contributed by atoms with van der Waals surface area (Å²) in [5.74, 6) is 0.692. The van der Waals surface area contributed by atoms with Crippen LogP contribution in [0.5, 0.6) is 0 Å². The molecule has 0 N–H and O–H groups in total. The van der Waals surface area contributed by atoms with E-state index >= 15 is 0 Å². The average molecular weight is 852 g/mol. The summed E-state index contributed by atoms with van der Waals surface area (Å²) in [5, 5.41) is 5.13. The number of aromatic nitrogens is 3. The van der Waals surface area contributed by atoms with E-state index in [4.69, 9.17) is 9.97 Å². The van der Waals surface area contributed by atoms with Crippen molar-refractivity contribution < 1.29 is 0 Å². The SMILES string of the molecule is c1ccc(-c2cc(-c3cccc(-c4ccc5c6ccc(-c7ccccc7)c7c8ccccc8n(c5c4)c67)c3)cc(-c3cccc(-c4nc(-c5ccccc5)cc(-c5ccccc5)n4)c3)c2)cc1. The maximum Gasteiger partial charge on any atom is 0.160 e. The van der Waals surface area contributed by atoms with Crippen LogP contribution in [0.25, 0.3) is 128 Å². The number of nitrogens with zero attached hydrogens (tertiary/aromatic N) is 3. The number of para-hydroxylation sites is 1. The van der Waals surface area contributed by atoms with Crippen molar-refractivity contribution in [2.24, 2.45) is 0 Å². The van der Waals surface area contributed by atoms with E-state index in [1.54, 1.807) is 0 Å². The molecule has 0 bridgehead atoms. The van der Waals surface area contributed by atoms with Crippen LogP contribution in [-0.2, 0) is 0 Å². The summed E-state index contributed by atoms with van der Waals surface area (Å²) in [6, 6.07) is 89.4. The molecule has 13 aromatic rings. The minimum atomic E-state index is 0.692. The molecule has 0 radical (unpaired) electrons. The van der Waals surface area contributed by atoms with E-state index in [0.717, 1.165) is 55.9 Å². The summed E-state index contributed by atoms with van der Waals surface area (Å²) in [6.45, 7) is 0. The zero-order valence-corrected chi connectivity index (χ0v) is 36.5. The van der Waals surface area contributed by atoms with Crippen molar-refractivity contribution in [1.29, 1.82) is 0 Å². The highest BCUT2D eigenvalue weighted by Gasteiger charge is 2.21. The quantitative estimate of drug-likeness (QED) is 0.152. The molecule has 3 heteroatoms. The van der Waals surface area contributed by atoms with E-state index in [1.165, 1.54) is 65.9 Å². The van der Waals surface area contributed by atoms with E-state index < -0.39 is 0 Å². The van der Waals surface area contributed by atoms with Crippen molar-refractivity contribution in [1.82, 2.24) is 14.4 Å². The van der Waals surface area contributed by atoms with Gasteiger partial charge in [-0.25, -0.2) is 9.97 Å². The average Bonchev–Trinajstić information content (AvgIpc) is 3.94. The predicted molar refractivity (Wildman–Crippen MR) is 280 cm³/mol. The lowest BCUT2D eigenvalue weighted by molar-refractivity contribution is 1.18. The first-order valence-corrected chi connectivity index (χ1v) is 22.9. The molecule has 0 saturated carbocycles. The van der Waals surface area contributed by atoms with Gasteiger partial charge >= 0.3 is 0 Å². The summed E-state index contributed by atoms with van der Waals surface area (Å²) >= 11 is 0. The third-order valence-electron chi connectivity index (χ3n) is 13.3. The van der Waals surface area contributed by atoms with Crippen molar-refractivity contribution in [3.63, 3.8) is 0 Å². The van der Waals surface area contributed by atoms with Crippen LogP contribution < -0.4 is 0 Å². The van der Waals surface area contributed by atoms with Crippen LogP contribution in [0.1, 0.15) is 0 Å². The zero-order chi connectivity index (χ0) is 44.3. The molecule has 13 rings (SSSR count). The Hall–Kier alpha value is -8.92. The summed E-state index contributed by atoms with van der Waals surface area (Å²) in [7, 11) is 0. The molecule has 0 atom stereocenters. The molecule has 0 aliphatic rings. The molecule has 3 aromatic heterocycles. The Morgan fingerprint density at radius 2 is 0.701 bits per heavy atom. The second-order valence-corrected chi connectivity index (χ2v) is 17.4. The molecular weight excluding hydrogens is 811 g/mol. The van der Waals surface area contributed by atoms with Gasteiger partial charge in [0, 0.05) is 38.2 Å². The number of fused-ring (bicyclic) bond motifs is 6. The molecule has 3 heterocycles. The molecule has 0 saturated heterocycles. The first-order valence-electron chi connectivity index (χ1n) is 22.9. The highest BCUT2D eigenvalue weighted by Crippen LogP contribution is 2.45. The minimum absolute atomic E-state index is 0.692. The van der Waals surface area contributed by atoms with Crippen molar-refractivity contribution in [2.75, 3.05) is 0 Å². The van der Waals surface area contributed by atoms with Gasteiger partial charge in [0.1, 0.15) is 0 Å². The largest absolute Gasteiger partial charge is 0.308 e. The van der Waals surface area contributed by atoms with E-state index in [1.807, 2.05) is 12.1 Å². The van der Waals surface area contributed by atoms with Gasteiger partial charge in [-0.1, -0.05) is 200 Å². The molecular formula is C64H41N3. The maximum atomic E-state index is 5.16. The molecule has 3 nitrogen and oxygen atoms in total. The van der Waals surface area contributed by atoms with E-state index in [-0.39, 0.29) is 0 Å². The number of rotatable bonds is 8. The van der Waals surface area contributed by atoms with Crippen LogP contribution in [0, 0.1) is 0 Å². The third-order valence-corrected chi connectivity index (χ3v) is 13.3. The standard InChI is InChI=1S/C64H41N3/c1-5-17-42(18-6-1)51-37-52(39-53(38-51)48-27-16-28-50(36-48)64-65-58(44-21-9-3-10-22-44)41-59(66-64)45-23-11-4-12-24-45)47-26-15-25-46(35-47)49-31-32-55-56-34-33-54(43-19-7-2-8-20-43)62-57-29-13-14-30-60(57)67(63(56)62)61(55)40-49/h1-41H. The Labute approximate surface area is 388 Å². The molecule has 0 aliphatic heterocycles.